The molecule has 21 heavy (non-hydrogen) atoms. The van der Waals surface area contributed by atoms with E-state index in [0.717, 1.165) is 36.2 Å². The van der Waals surface area contributed by atoms with Crippen molar-refractivity contribution in [1.82, 2.24) is 14.8 Å². The minimum Gasteiger partial charge on any atom is -0.376 e. The summed E-state index contributed by atoms with van der Waals surface area (Å²) in [6.07, 6.45) is 6.32. The first-order chi connectivity index (χ1) is 10.1. The topological polar surface area (TPSA) is 106 Å². The molecule has 0 radical (unpaired) electrons. The van der Waals surface area contributed by atoms with E-state index in [2.05, 4.69) is 15.4 Å². The number of primary amides is 1. The second-order valence-electron chi connectivity index (χ2n) is 5.24. The lowest BCUT2D eigenvalue weighted by Gasteiger charge is -2.26. The second kappa shape index (κ2) is 5.43. The molecule has 0 bridgehead atoms. The minimum absolute atomic E-state index is 0.0657. The first-order valence-corrected chi connectivity index (χ1v) is 6.91. The lowest BCUT2D eigenvalue weighted by molar-refractivity contribution is -0.118. The molecule has 2 aromatic rings. The van der Waals surface area contributed by atoms with Gasteiger partial charge in [-0.25, -0.2) is 0 Å². The monoisotopic (exact) mass is 287 g/mol. The molecule has 0 saturated heterocycles. The number of rotatable bonds is 4. The van der Waals surface area contributed by atoms with Crippen LogP contribution in [0.15, 0.2) is 29.3 Å². The summed E-state index contributed by atoms with van der Waals surface area (Å²) in [6.45, 7) is 0.0657. The number of fused-ring (bicyclic) bond motifs is 1. The summed E-state index contributed by atoms with van der Waals surface area (Å²) in [5.74, 6) is -0.426. The smallest absolute Gasteiger partial charge is 0.248 e. The normalized spacial score (nSPS) is 17.2. The summed E-state index contributed by atoms with van der Waals surface area (Å²) < 4.78 is 1.50. The maximum Gasteiger partial charge on any atom is 0.248 e. The van der Waals surface area contributed by atoms with Crippen molar-refractivity contribution in [2.45, 2.75) is 31.8 Å². The van der Waals surface area contributed by atoms with Crippen LogP contribution in [0.5, 0.6) is 0 Å². The molecular formula is C14H17N5O2. The Bertz CT molecular complexity index is 718. The molecule has 1 unspecified atom stereocenters. The van der Waals surface area contributed by atoms with Crippen LogP contribution in [0.2, 0.25) is 0 Å². The number of aromatic nitrogens is 3. The van der Waals surface area contributed by atoms with Crippen LogP contribution in [0.1, 0.15) is 30.1 Å². The summed E-state index contributed by atoms with van der Waals surface area (Å²) in [5.41, 5.74) is 8.02. The van der Waals surface area contributed by atoms with Gasteiger partial charge in [0, 0.05) is 18.0 Å². The Hall–Kier alpha value is -2.57. The molecule has 7 heteroatoms. The van der Waals surface area contributed by atoms with Crippen molar-refractivity contribution < 1.29 is 4.79 Å². The van der Waals surface area contributed by atoms with Crippen molar-refractivity contribution >= 4 is 11.6 Å². The summed E-state index contributed by atoms with van der Waals surface area (Å²) in [4.78, 5) is 25.1. The summed E-state index contributed by atoms with van der Waals surface area (Å²) >= 11 is 0. The molecule has 0 saturated carbocycles. The Labute approximate surface area is 121 Å². The van der Waals surface area contributed by atoms with Crippen LogP contribution in [0, 0.1) is 0 Å². The molecule has 4 N–H and O–H groups in total. The van der Waals surface area contributed by atoms with Gasteiger partial charge in [0.2, 0.25) is 11.5 Å². The highest BCUT2D eigenvalue weighted by Crippen LogP contribution is 2.30. The molecule has 3 rings (SSSR count). The van der Waals surface area contributed by atoms with E-state index in [-0.39, 0.29) is 18.1 Å². The number of hydrogen-bond acceptors (Lipinski definition) is 4. The Morgan fingerprint density at radius 1 is 1.52 bits per heavy atom. The molecule has 0 aliphatic heterocycles. The predicted octanol–water partition coefficient (Wildman–Crippen LogP) is 0.546. The lowest BCUT2D eigenvalue weighted by atomic mass is 9.91. The van der Waals surface area contributed by atoms with Crippen molar-refractivity contribution in [1.29, 1.82) is 0 Å². The van der Waals surface area contributed by atoms with Crippen molar-refractivity contribution in [3.63, 3.8) is 0 Å². The van der Waals surface area contributed by atoms with E-state index < -0.39 is 5.91 Å². The van der Waals surface area contributed by atoms with E-state index in [4.69, 9.17) is 5.73 Å². The standard InChI is InChI=1S/C14H17N5O2/c15-13(20)8-19-7-9(6-16-19)17-11-2-1-3-12-10(11)4-5-14(21)18-12/h4-7,11,17H,1-3,8H2,(H2,15,20)(H,18,21). The van der Waals surface area contributed by atoms with Gasteiger partial charge in [-0.2, -0.15) is 5.10 Å². The SMILES string of the molecule is NC(=O)Cn1cc(NC2CCCc3[nH]c(=O)ccc32)cn1. The van der Waals surface area contributed by atoms with Gasteiger partial charge < -0.3 is 16.0 Å². The first-order valence-electron chi connectivity index (χ1n) is 6.91. The molecule has 0 fully saturated rings. The number of hydrogen-bond donors (Lipinski definition) is 3. The Balaban J connectivity index is 1.78. The van der Waals surface area contributed by atoms with Crippen molar-refractivity contribution in [3.05, 3.63) is 46.1 Å². The molecule has 2 heterocycles. The molecule has 1 aliphatic rings. The molecule has 1 amide bonds. The number of nitrogens with one attached hydrogen (secondary N) is 2. The maximum absolute atomic E-state index is 11.4. The number of amides is 1. The van der Waals surface area contributed by atoms with Gasteiger partial charge in [-0.1, -0.05) is 0 Å². The van der Waals surface area contributed by atoms with Gasteiger partial charge >= 0.3 is 0 Å². The molecule has 110 valence electrons. The van der Waals surface area contributed by atoms with Crippen LogP contribution >= 0.6 is 0 Å². The summed E-state index contributed by atoms with van der Waals surface area (Å²) in [7, 11) is 0. The molecule has 1 atom stereocenters. The summed E-state index contributed by atoms with van der Waals surface area (Å²) in [5, 5.41) is 7.48. The number of aromatic amines is 1. The third kappa shape index (κ3) is 2.96. The van der Waals surface area contributed by atoms with Crippen LogP contribution < -0.4 is 16.6 Å². The number of nitrogens with two attached hydrogens (primary N) is 1. The van der Waals surface area contributed by atoms with Gasteiger partial charge in [0.15, 0.2) is 0 Å². The van der Waals surface area contributed by atoms with Crippen LogP contribution in [-0.4, -0.2) is 20.7 Å². The van der Waals surface area contributed by atoms with Crippen LogP contribution in [-0.2, 0) is 17.8 Å². The highest BCUT2D eigenvalue weighted by atomic mass is 16.1. The quantitative estimate of drug-likeness (QED) is 0.763. The fraction of sp³-hybridized carbons (Fsp3) is 0.357. The Kier molecular flexibility index (Phi) is 3.47. The summed E-state index contributed by atoms with van der Waals surface area (Å²) in [6, 6.07) is 3.56. The van der Waals surface area contributed by atoms with Crippen molar-refractivity contribution in [2.75, 3.05) is 5.32 Å². The average molecular weight is 287 g/mol. The third-order valence-electron chi connectivity index (χ3n) is 3.62. The highest BCUT2D eigenvalue weighted by molar-refractivity contribution is 5.73. The van der Waals surface area contributed by atoms with Crippen molar-refractivity contribution in [3.8, 4) is 0 Å². The van der Waals surface area contributed by atoms with Crippen LogP contribution in [0.25, 0.3) is 0 Å². The van der Waals surface area contributed by atoms with Crippen molar-refractivity contribution in [2.24, 2.45) is 5.73 Å². The fourth-order valence-corrected chi connectivity index (χ4v) is 2.74. The molecule has 0 spiro atoms. The van der Waals surface area contributed by atoms with E-state index >= 15 is 0 Å². The van der Waals surface area contributed by atoms with E-state index in [9.17, 15) is 9.59 Å². The minimum atomic E-state index is -0.426. The number of pyridine rings is 1. The van der Waals surface area contributed by atoms with Gasteiger partial charge in [0.1, 0.15) is 6.54 Å². The van der Waals surface area contributed by atoms with Gasteiger partial charge in [-0.3, -0.25) is 14.3 Å². The lowest BCUT2D eigenvalue weighted by Crippen LogP contribution is -2.21. The largest absolute Gasteiger partial charge is 0.376 e. The van der Waals surface area contributed by atoms with Gasteiger partial charge in [0.05, 0.1) is 17.9 Å². The van der Waals surface area contributed by atoms with Crippen LogP contribution in [0.4, 0.5) is 5.69 Å². The number of nitrogens with zero attached hydrogens (tertiary/aromatic N) is 2. The van der Waals surface area contributed by atoms with E-state index in [1.165, 1.54) is 4.68 Å². The molecule has 7 nitrogen and oxygen atoms in total. The van der Waals surface area contributed by atoms with Gasteiger partial charge in [-0.15, -0.1) is 0 Å². The number of carbonyl (C=O) groups is 1. The molecular weight excluding hydrogens is 270 g/mol. The second-order valence-corrected chi connectivity index (χ2v) is 5.24. The van der Waals surface area contributed by atoms with E-state index in [1.807, 2.05) is 6.07 Å². The zero-order valence-electron chi connectivity index (χ0n) is 11.5. The Morgan fingerprint density at radius 3 is 3.19 bits per heavy atom. The highest BCUT2D eigenvalue weighted by Gasteiger charge is 2.21. The first kappa shape index (κ1) is 13.4. The van der Waals surface area contributed by atoms with E-state index in [0.29, 0.717) is 0 Å². The number of H-pyrrole nitrogens is 1. The molecule has 0 aromatic carbocycles. The van der Waals surface area contributed by atoms with Crippen LogP contribution in [0.3, 0.4) is 0 Å². The van der Waals surface area contributed by atoms with Gasteiger partial charge in [-0.05, 0) is 30.9 Å². The molecule has 2 aromatic heterocycles. The van der Waals surface area contributed by atoms with E-state index in [1.54, 1.807) is 18.5 Å². The number of anilines is 1. The number of aryl methyl sites for hydroxylation is 1. The average Bonchev–Trinajstić information content (AvgIpc) is 2.85. The molecule has 1 aliphatic carbocycles. The zero-order chi connectivity index (χ0) is 14.8. The predicted molar refractivity (Wildman–Crippen MR) is 77.8 cm³/mol. The maximum atomic E-state index is 11.4. The third-order valence-corrected chi connectivity index (χ3v) is 3.62. The number of carbonyl (C=O) groups excluding carboxylic acids is 1. The van der Waals surface area contributed by atoms with Gasteiger partial charge in [0.25, 0.3) is 0 Å². The Morgan fingerprint density at radius 2 is 2.38 bits per heavy atom. The fourth-order valence-electron chi connectivity index (χ4n) is 2.74. The zero-order valence-corrected chi connectivity index (χ0v) is 11.5.